The van der Waals surface area contributed by atoms with Crippen LogP contribution in [-0.2, 0) is 16.0 Å². The third-order valence-corrected chi connectivity index (χ3v) is 8.35. The van der Waals surface area contributed by atoms with Crippen molar-refractivity contribution in [1.29, 1.82) is 0 Å². The number of methoxy groups -OCH3 is 1. The van der Waals surface area contributed by atoms with Crippen LogP contribution in [0.25, 0.3) is 0 Å². The van der Waals surface area contributed by atoms with Crippen LogP contribution in [0.3, 0.4) is 0 Å². The Labute approximate surface area is 243 Å². The standard InChI is InChI=1S/C32H45N3O6/c1-3-4-17-34(18-8-7-16-33)30(36)21-35-20-25(24-14-15-28-29(19-24)41-22-40-28)31(32(37)38)26(35)12-9-11-23-10-5-6-13-27(23)39-2/h5-6,10,13-15,19,25-26,31H,3-4,7-9,11-12,16-18,20-22,33H2,1-2H3,(H,37,38)/t25-,26+,31-/m1/s1. The molecule has 2 heterocycles. The summed E-state index contributed by atoms with van der Waals surface area (Å²) in [5.41, 5.74) is 7.70. The van der Waals surface area contributed by atoms with Gasteiger partial charge >= 0.3 is 5.97 Å². The second-order valence-corrected chi connectivity index (χ2v) is 11.0. The van der Waals surface area contributed by atoms with E-state index in [2.05, 4.69) is 11.8 Å². The first-order chi connectivity index (χ1) is 20.0. The summed E-state index contributed by atoms with van der Waals surface area (Å²) in [5, 5.41) is 10.5. The van der Waals surface area contributed by atoms with Gasteiger partial charge < -0.3 is 30.0 Å². The summed E-state index contributed by atoms with van der Waals surface area (Å²) in [6.07, 6.45) is 5.89. The van der Waals surface area contributed by atoms with E-state index in [4.69, 9.17) is 19.9 Å². The zero-order valence-corrected chi connectivity index (χ0v) is 24.4. The van der Waals surface area contributed by atoms with Gasteiger partial charge in [-0.05, 0) is 74.4 Å². The molecule has 1 amide bonds. The molecular weight excluding hydrogens is 522 g/mol. The minimum absolute atomic E-state index is 0.0562. The molecule has 0 spiro atoms. The zero-order chi connectivity index (χ0) is 29.2. The maximum absolute atomic E-state index is 13.6. The minimum Gasteiger partial charge on any atom is -0.496 e. The summed E-state index contributed by atoms with van der Waals surface area (Å²) in [4.78, 5) is 30.5. The molecule has 0 bridgehead atoms. The second-order valence-electron chi connectivity index (χ2n) is 11.0. The van der Waals surface area contributed by atoms with E-state index in [-0.39, 0.29) is 31.2 Å². The fourth-order valence-corrected chi connectivity index (χ4v) is 6.18. The molecule has 0 unspecified atom stereocenters. The summed E-state index contributed by atoms with van der Waals surface area (Å²) >= 11 is 0. The molecule has 3 N–H and O–H groups in total. The fraction of sp³-hybridized carbons (Fsp3) is 0.562. The van der Waals surface area contributed by atoms with Crippen LogP contribution < -0.4 is 19.9 Å². The highest BCUT2D eigenvalue weighted by molar-refractivity contribution is 5.79. The number of carboxylic acids is 1. The fourth-order valence-electron chi connectivity index (χ4n) is 6.18. The minimum atomic E-state index is -0.837. The molecule has 1 fully saturated rings. The number of benzene rings is 2. The van der Waals surface area contributed by atoms with E-state index >= 15 is 0 Å². The van der Waals surface area contributed by atoms with Gasteiger partial charge in [0.15, 0.2) is 11.5 Å². The highest BCUT2D eigenvalue weighted by atomic mass is 16.7. The highest BCUT2D eigenvalue weighted by Crippen LogP contribution is 2.43. The Balaban J connectivity index is 1.56. The number of amides is 1. The van der Waals surface area contributed by atoms with Gasteiger partial charge in [-0.3, -0.25) is 14.5 Å². The van der Waals surface area contributed by atoms with Crippen molar-refractivity contribution in [3.63, 3.8) is 0 Å². The molecule has 0 aromatic heterocycles. The van der Waals surface area contributed by atoms with Gasteiger partial charge in [0.1, 0.15) is 5.75 Å². The Morgan fingerprint density at radius 1 is 1.07 bits per heavy atom. The van der Waals surface area contributed by atoms with Gasteiger partial charge in [-0.15, -0.1) is 0 Å². The quantitative estimate of drug-likeness (QED) is 0.289. The van der Waals surface area contributed by atoms with E-state index in [1.165, 1.54) is 0 Å². The molecule has 0 radical (unpaired) electrons. The molecular formula is C32H45N3O6. The van der Waals surface area contributed by atoms with Crippen LogP contribution in [0.15, 0.2) is 42.5 Å². The molecule has 0 saturated carbocycles. The number of carbonyl (C=O) groups excluding carboxylic acids is 1. The van der Waals surface area contributed by atoms with Gasteiger partial charge in [0.05, 0.1) is 19.6 Å². The average Bonchev–Trinajstić information content (AvgIpc) is 3.59. The van der Waals surface area contributed by atoms with Crippen molar-refractivity contribution in [3.8, 4) is 17.2 Å². The highest BCUT2D eigenvalue weighted by Gasteiger charge is 2.47. The van der Waals surface area contributed by atoms with Gasteiger partial charge in [-0.1, -0.05) is 37.6 Å². The number of carboxylic acid groups (broad SMARTS) is 1. The summed E-state index contributed by atoms with van der Waals surface area (Å²) in [6.45, 7) is 4.97. The Morgan fingerprint density at radius 2 is 1.85 bits per heavy atom. The smallest absolute Gasteiger partial charge is 0.308 e. The molecule has 2 aliphatic heterocycles. The monoisotopic (exact) mass is 567 g/mol. The van der Waals surface area contributed by atoms with Crippen molar-refractivity contribution in [3.05, 3.63) is 53.6 Å². The Morgan fingerprint density at radius 3 is 2.61 bits per heavy atom. The normalized spacial score (nSPS) is 19.8. The van der Waals surface area contributed by atoms with Crippen molar-refractivity contribution < 1.29 is 28.9 Å². The number of aliphatic carboxylic acids is 1. The number of carbonyl (C=O) groups is 2. The Bertz CT molecular complexity index is 1160. The van der Waals surface area contributed by atoms with E-state index in [9.17, 15) is 14.7 Å². The molecule has 2 aliphatic rings. The lowest BCUT2D eigenvalue weighted by Crippen LogP contribution is -2.44. The summed E-state index contributed by atoms with van der Waals surface area (Å²) < 4.78 is 16.6. The predicted octanol–water partition coefficient (Wildman–Crippen LogP) is 4.28. The number of likely N-dealkylation sites (tertiary alicyclic amines) is 1. The molecule has 3 atom stereocenters. The van der Waals surface area contributed by atoms with E-state index < -0.39 is 11.9 Å². The molecule has 41 heavy (non-hydrogen) atoms. The molecule has 4 rings (SSSR count). The lowest BCUT2D eigenvalue weighted by atomic mass is 9.83. The van der Waals surface area contributed by atoms with Crippen LogP contribution in [0, 0.1) is 5.92 Å². The van der Waals surface area contributed by atoms with Crippen molar-refractivity contribution in [2.24, 2.45) is 11.7 Å². The number of ether oxygens (including phenoxy) is 3. The summed E-state index contributed by atoms with van der Waals surface area (Å²) in [6, 6.07) is 13.3. The molecule has 2 aromatic carbocycles. The van der Waals surface area contributed by atoms with Crippen molar-refractivity contribution >= 4 is 11.9 Å². The van der Waals surface area contributed by atoms with Crippen molar-refractivity contribution in [2.45, 2.75) is 63.8 Å². The lowest BCUT2D eigenvalue weighted by Gasteiger charge is -2.30. The molecule has 2 aromatic rings. The molecule has 1 saturated heterocycles. The van der Waals surface area contributed by atoms with E-state index in [0.29, 0.717) is 44.1 Å². The van der Waals surface area contributed by atoms with E-state index in [1.54, 1.807) is 7.11 Å². The maximum atomic E-state index is 13.6. The molecule has 224 valence electrons. The maximum Gasteiger partial charge on any atom is 0.308 e. The van der Waals surface area contributed by atoms with Crippen LogP contribution in [-0.4, -0.2) is 79.5 Å². The summed E-state index contributed by atoms with van der Waals surface area (Å²) in [7, 11) is 1.66. The first-order valence-corrected chi connectivity index (χ1v) is 14.9. The second kappa shape index (κ2) is 15.1. The van der Waals surface area contributed by atoms with Gasteiger partial charge in [0.2, 0.25) is 12.7 Å². The molecule has 9 nitrogen and oxygen atoms in total. The number of unbranched alkanes of at least 4 members (excludes halogenated alkanes) is 2. The van der Waals surface area contributed by atoms with Gasteiger partial charge in [-0.25, -0.2) is 0 Å². The number of para-hydroxylation sites is 1. The average molecular weight is 568 g/mol. The van der Waals surface area contributed by atoms with Crippen molar-refractivity contribution in [1.82, 2.24) is 9.80 Å². The van der Waals surface area contributed by atoms with Gasteiger partial charge in [0.25, 0.3) is 0 Å². The number of hydrogen-bond acceptors (Lipinski definition) is 7. The lowest BCUT2D eigenvalue weighted by molar-refractivity contribution is -0.143. The van der Waals surface area contributed by atoms with Gasteiger partial charge in [0, 0.05) is 31.6 Å². The molecule has 0 aliphatic carbocycles. The number of nitrogens with two attached hydrogens (primary N) is 1. The number of hydrogen-bond donors (Lipinski definition) is 2. The van der Waals surface area contributed by atoms with Crippen LogP contribution in [0.2, 0.25) is 0 Å². The van der Waals surface area contributed by atoms with Gasteiger partial charge in [-0.2, -0.15) is 0 Å². The van der Waals surface area contributed by atoms with Crippen LogP contribution in [0.5, 0.6) is 17.2 Å². The first kappa shape index (κ1) is 30.7. The molecule has 9 heteroatoms. The topological polar surface area (TPSA) is 115 Å². The van der Waals surface area contributed by atoms with E-state index in [1.807, 2.05) is 47.4 Å². The third kappa shape index (κ3) is 7.71. The van der Waals surface area contributed by atoms with Crippen LogP contribution in [0.1, 0.15) is 62.5 Å². The van der Waals surface area contributed by atoms with Crippen LogP contribution >= 0.6 is 0 Å². The zero-order valence-electron chi connectivity index (χ0n) is 24.4. The Kier molecular flexibility index (Phi) is 11.3. The number of rotatable bonds is 16. The number of nitrogens with zero attached hydrogens (tertiary/aromatic N) is 2. The van der Waals surface area contributed by atoms with E-state index in [0.717, 1.165) is 55.4 Å². The predicted molar refractivity (Wildman–Crippen MR) is 158 cm³/mol. The summed E-state index contributed by atoms with van der Waals surface area (Å²) in [5.74, 6) is 0.441. The third-order valence-electron chi connectivity index (χ3n) is 8.35. The largest absolute Gasteiger partial charge is 0.496 e. The Hall–Kier alpha value is -3.30. The first-order valence-electron chi connectivity index (χ1n) is 14.9. The van der Waals surface area contributed by atoms with Crippen molar-refractivity contribution in [2.75, 3.05) is 46.6 Å². The SMILES string of the molecule is CCCCN(CCCCN)C(=O)CN1C[C@H](c2ccc3c(c2)OCO3)[C@@H](C(=O)O)[C@@H]1CCCc1ccccc1OC. The number of fused-ring (bicyclic) bond motifs is 1. The van der Waals surface area contributed by atoms with Crippen LogP contribution in [0.4, 0.5) is 0 Å². The number of aryl methyl sites for hydroxylation is 1.